The molecule has 4 aromatic carbocycles. The van der Waals surface area contributed by atoms with Gasteiger partial charge in [0.05, 0.1) is 26.7 Å². The van der Waals surface area contributed by atoms with E-state index in [1.165, 1.54) is 44.0 Å². The van der Waals surface area contributed by atoms with Crippen LogP contribution in [0, 0.1) is 5.92 Å². The minimum Gasteiger partial charge on any atom is -0.503 e. The molecular weight excluding hydrogens is 1370 g/mol. The van der Waals surface area contributed by atoms with Crippen molar-refractivity contribution in [3.05, 3.63) is 173 Å². The number of benzene rings is 4. The number of esters is 2. The van der Waals surface area contributed by atoms with Gasteiger partial charge in [0.25, 0.3) is 5.91 Å². The van der Waals surface area contributed by atoms with Crippen LogP contribution in [0.1, 0.15) is 203 Å². The molecule has 102 heavy (non-hydrogen) atoms. The molecular formula is C80H104BrN3O18. The number of para-hydroxylation sites is 4. The lowest BCUT2D eigenvalue weighted by atomic mass is 10.0. The molecule has 1 amide bonds. The molecule has 1 heterocycles. The monoisotopic (exact) mass is 1470 g/mol. The quantitative estimate of drug-likeness (QED) is 0.0330. The smallest absolute Gasteiger partial charge is 0.350 e. The van der Waals surface area contributed by atoms with Crippen LogP contribution in [-0.2, 0) is 44.7 Å². The van der Waals surface area contributed by atoms with Gasteiger partial charge in [-0.3, -0.25) is 19.2 Å². The van der Waals surface area contributed by atoms with Gasteiger partial charge in [0, 0.05) is 18.9 Å². The van der Waals surface area contributed by atoms with Gasteiger partial charge in [-0.05, 0) is 228 Å². The Hall–Kier alpha value is -8.63. The second kappa shape index (κ2) is 39.7. The van der Waals surface area contributed by atoms with Crippen molar-refractivity contribution in [2.75, 3.05) is 20.8 Å². The van der Waals surface area contributed by atoms with Crippen LogP contribution in [0.25, 0.3) is 0 Å². The first-order valence-electron chi connectivity index (χ1n) is 36.1. The zero-order valence-corrected chi connectivity index (χ0v) is 60.7. The number of nitrogens with zero attached hydrogens (tertiary/aromatic N) is 1. The van der Waals surface area contributed by atoms with E-state index < -0.39 is 57.1 Å². The summed E-state index contributed by atoms with van der Waals surface area (Å²) in [6.07, 6.45) is 37.0. The molecule has 0 unspecified atom stereocenters. The summed E-state index contributed by atoms with van der Waals surface area (Å²) < 4.78 is 40.2. The van der Waals surface area contributed by atoms with Crippen LogP contribution < -0.4 is 35.8 Å². The number of amides is 1. The van der Waals surface area contributed by atoms with Crippen LogP contribution in [0.15, 0.2) is 163 Å². The number of aliphatic carboxylic acids is 2. The number of allylic oxidation sites excluding steroid dienone is 3. The van der Waals surface area contributed by atoms with Crippen molar-refractivity contribution in [1.82, 2.24) is 4.57 Å². The summed E-state index contributed by atoms with van der Waals surface area (Å²) in [6, 6.07) is 38.3. The molecule has 0 radical (unpaired) electrons. The van der Waals surface area contributed by atoms with Gasteiger partial charge in [-0.15, -0.1) is 0 Å². The van der Waals surface area contributed by atoms with Crippen LogP contribution in [0.4, 0.5) is 0 Å². The summed E-state index contributed by atoms with van der Waals surface area (Å²) in [5.74, 6) is -0.210. The first-order valence-corrected chi connectivity index (χ1v) is 36.9. The lowest BCUT2D eigenvalue weighted by Gasteiger charge is -2.31. The number of carbonyl (C=O) groups excluding carboxylic acids is 3. The highest BCUT2D eigenvalue weighted by atomic mass is 79.9. The van der Waals surface area contributed by atoms with Gasteiger partial charge in [0.1, 0.15) is 49.8 Å². The summed E-state index contributed by atoms with van der Waals surface area (Å²) in [6.45, 7) is 0.998. The van der Waals surface area contributed by atoms with E-state index in [4.69, 9.17) is 50.1 Å². The molecule has 7 saturated carbocycles. The standard InChI is InChI=1S/C18H19NO5.C13H16O3.C12H15NO2.C12H17NO.C12H16O3.C7H11BrO2.C6H10O2/c20-15-11-19(10-14(16(15)21)17(22)23)12-18(8-4-5-9-18)24-13-6-2-1-3-7-13;1-15-12(14)13(9-5-6-10-13)16-11-7-3-2-4-8-11;13-11(14)12(8-4-5-9-12)15-10-6-2-1-3-7-10;13-10-12(8-4-5-9-12)14-11-6-2-1-3-7-11;13-11(14)12(8-4-5-9-12)15-10-6-2-1-3-7-10;1-10-6(9)7(8)4-2-3-5-7;7-6(8)5-3-1-2-4-5/h1-3,6-7,10-11,20H,4-5,8-9,12H2,(H,22,23);2-4,7-8H,5-6,9-10H2,1H3;1-3,6-7H,4-5,8-9H2,(H2,13,14);1-3,6-7H,4-5,8-10,13H2;2,6-7H,1,3-5,8-9H2,(H,13,14);2-5H2,1H3;5H,1-4H2,(H,7,8). The molecule has 8 aliphatic rings. The van der Waals surface area contributed by atoms with Gasteiger partial charge in [-0.2, -0.15) is 0 Å². The summed E-state index contributed by atoms with van der Waals surface area (Å²) in [5.41, 5.74) is 6.87. The number of primary amides is 1. The molecule has 0 atom stereocenters. The van der Waals surface area contributed by atoms with Gasteiger partial charge in [-0.25, -0.2) is 14.4 Å². The third-order valence-corrected chi connectivity index (χ3v) is 21.1. The maximum absolute atomic E-state index is 11.8. The Morgan fingerprint density at radius 1 is 0.500 bits per heavy atom. The van der Waals surface area contributed by atoms with Gasteiger partial charge >= 0.3 is 29.8 Å². The van der Waals surface area contributed by atoms with Crippen LogP contribution in [0.5, 0.6) is 28.7 Å². The van der Waals surface area contributed by atoms with E-state index in [0.717, 1.165) is 196 Å². The number of halogens is 1. The Kier molecular flexibility index (Phi) is 31.4. The average Bonchev–Trinajstić information content (AvgIpc) is 1.78. The molecule has 22 heteroatoms. The number of nitrogens with two attached hydrogens (primary N) is 2. The number of aromatic nitrogens is 1. The number of carbonyl (C=O) groups is 6. The summed E-state index contributed by atoms with van der Waals surface area (Å²) in [4.78, 5) is 78.6. The Balaban J connectivity index is 0.000000171. The number of rotatable bonds is 19. The Morgan fingerprint density at radius 2 is 0.902 bits per heavy atom. The van der Waals surface area contributed by atoms with E-state index in [1.54, 1.807) is 0 Å². The lowest BCUT2D eigenvalue weighted by molar-refractivity contribution is -0.160. The molecule has 0 bridgehead atoms. The number of alkyl halides is 1. The lowest BCUT2D eigenvalue weighted by Crippen LogP contribution is -2.46. The van der Waals surface area contributed by atoms with Crippen molar-refractivity contribution in [1.29, 1.82) is 0 Å². The minimum absolute atomic E-state index is 0.0185. The number of carboxylic acids is 3. The molecule has 0 spiro atoms. The maximum Gasteiger partial charge on any atom is 0.350 e. The van der Waals surface area contributed by atoms with Crippen LogP contribution in [-0.4, -0.2) is 114 Å². The summed E-state index contributed by atoms with van der Waals surface area (Å²) in [5, 5.41) is 36.5. The van der Waals surface area contributed by atoms with E-state index in [1.807, 2.05) is 140 Å². The van der Waals surface area contributed by atoms with Crippen LogP contribution >= 0.6 is 15.9 Å². The van der Waals surface area contributed by atoms with Crippen molar-refractivity contribution < 1.29 is 82.4 Å². The number of pyridine rings is 1. The van der Waals surface area contributed by atoms with Crippen molar-refractivity contribution >= 4 is 51.7 Å². The second-order valence-electron chi connectivity index (χ2n) is 27.4. The van der Waals surface area contributed by atoms with Crippen LogP contribution in [0.3, 0.4) is 0 Å². The van der Waals surface area contributed by atoms with Crippen molar-refractivity contribution in [2.45, 2.75) is 231 Å². The first-order chi connectivity index (χ1) is 49.1. The summed E-state index contributed by atoms with van der Waals surface area (Å²) >= 11 is 3.40. The molecule has 13 rings (SSSR count). The van der Waals surface area contributed by atoms with E-state index in [-0.39, 0.29) is 33.7 Å². The average molecular weight is 1480 g/mol. The second-order valence-corrected chi connectivity index (χ2v) is 29.0. The molecule has 0 aliphatic heterocycles. The highest BCUT2D eigenvalue weighted by Gasteiger charge is 2.47. The van der Waals surface area contributed by atoms with Gasteiger partial charge in [0.2, 0.25) is 16.6 Å². The number of carboxylic acid groups (broad SMARTS) is 3. The topological polar surface area (TPSA) is 322 Å². The van der Waals surface area contributed by atoms with E-state index in [0.29, 0.717) is 25.9 Å². The van der Waals surface area contributed by atoms with Crippen molar-refractivity contribution in [3.8, 4) is 28.7 Å². The molecule has 5 aromatic rings. The highest BCUT2D eigenvalue weighted by molar-refractivity contribution is 9.10. The molecule has 8 N–H and O–H groups in total. The number of ether oxygens (including phenoxy) is 7. The Labute approximate surface area is 607 Å². The number of aromatic carboxylic acids is 1. The SMILES string of the molecule is COC(=O)C1(Br)CCCC1.COC(=O)C1(Oc2ccccc2)CCCC1.NC(=O)C1(Oc2ccccc2)CCCC1.NCC1(Oc2ccccc2)CCCC1.O=C(O)C1(OC2=CCCC=C2)CCCC1.O=C(O)C1CCCC1.O=C(O)c1cn(CC2(Oc3ccccc3)CCCC2)cc(O)c1=O. The van der Waals surface area contributed by atoms with E-state index in [2.05, 4.69) is 20.7 Å². The molecule has 7 fully saturated rings. The maximum atomic E-state index is 11.8. The fraction of sp³-hybridized carbons (Fsp3) is 0.512. The number of hydrogen-bond donors (Lipinski definition) is 6. The Bertz CT molecular complexity index is 3540. The number of methoxy groups -OCH3 is 2. The fourth-order valence-corrected chi connectivity index (χ4v) is 15.0. The van der Waals surface area contributed by atoms with Gasteiger partial charge in [-0.1, -0.05) is 120 Å². The van der Waals surface area contributed by atoms with E-state index >= 15 is 0 Å². The fourth-order valence-electron chi connectivity index (χ4n) is 14.3. The van der Waals surface area contributed by atoms with Gasteiger partial charge in [0.15, 0.2) is 11.4 Å². The third-order valence-electron chi connectivity index (χ3n) is 20.0. The Morgan fingerprint density at radius 3 is 1.29 bits per heavy atom. The number of hydrogen-bond acceptors (Lipinski definition) is 16. The molecule has 0 saturated heterocycles. The normalized spacial score (nSPS) is 19.4. The zero-order chi connectivity index (χ0) is 73.5. The molecule has 554 valence electrons. The predicted molar refractivity (Wildman–Crippen MR) is 391 cm³/mol. The molecule has 1 aromatic heterocycles. The van der Waals surface area contributed by atoms with Crippen LogP contribution in [0.2, 0.25) is 0 Å². The highest BCUT2D eigenvalue weighted by Crippen LogP contribution is 2.41. The van der Waals surface area contributed by atoms with Gasteiger partial charge < -0.3 is 69.6 Å². The number of aromatic hydroxyl groups is 1. The molecule has 8 aliphatic carbocycles. The van der Waals surface area contributed by atoms with Crippen molar-refractivity contribution in [2.24, 2.45) is 17.4 Å². The largest absolute Gasteiger partial charge is 0.503 e. The third kappa shape index (κ3) is 23.7. The van der Waals surface area contributed by atoms with Crippen molar-refractivity contribution in [3.63, 3.8) is 0 Å². The predicted octanol–water partition coefficient (Wildman–Crippen LogP) is 15.2. The first kappa shape index (κ1) is 80.7. The summed E-state index contributed by atoms with van der Waals surface area (Å²) in [7, 11) is 2.85. The minimum atomic E-state index is -1.35. The van der Waals surface area contributed by atoms with E-state index in [9.17, 15) is 43.8 Å². The zero-order valence-electron chi connectivity index (χ0n) is 59.1. The molecule has 21 nitrogen and oxygen atoms in total.